The van der Waals surface area contributed by atoms with E-state index in [1.54, 1.807) is 0 Å². The third-order valence-corrected chi connectivity index (χ3v) is 2.60. The summed E-state index contributed by atoms with van der Waals surface area (Å²) in [6.45, 7) is 4.58. The van der Waals surface area contributed by atoms with Gasteiger partial charge in [0.25, 0.3) is 0 Å². The summed E-state index contributed by atoms with van der Waals surface area (Å²) in [5.74, 6) is 1.38. The molecule has 0 N–H and O–H groups in total. The van der Waals surface area contributed by atoms with Crippen molar-refractivity contribution in [2.45, 2.75) is 33.1 Å². The van der Waals surface area contributed by atoms with Crippen LogP contribution in [0.3, 0.4) is 0 Å². The monoisotopic (exact) mass is 168 g/mol. The Balaban J connectivity index is 2.69. The second-order valence-electron chi connectivity index (χ2n) is 4.11. The van der Waals surface area contributed by atoms with E-state index in [1.807, 2.05) is 19.1 Å². The maximum atomic E-state index is 4.55. The Morgan fingerprint density at radius 1 is 1.17 bits per heavy atom. The topological polar surface area (TPSA) is 15.6 Å². The van der Waals surface area contributed by atoms with Crippen LogP contribution in [-0.4, -0.2) is 24.8 Å². The molecule has 2 atom stereocenters. The molecule has 0 heterocycles. The summed E-state index contributed by atoms with van der Waals surface area (Å²) in [5, 5.41) is 6.47. The Labute approximate surface area is 75.6 Å². The van der Waals surface area contributed by atoms with Crippen molar-refractivity contribution < 1.29 is 0 Å². The molecular weight excluding hydrogens is 148 g/mol. The van der Waals surface area contributed by atoms with Gasteiger partial charge < -0.3 is 5.01 Å². The van der Waals surface area contributed by atoms with E-state index < -0.39 is 0 Å². The minimum Gasteiger partial charge on any atom is -0.303 e. The Hall–Kier alpha value is -0.530. The summed E-state index contributed by atoms with van der Waals surface area (Å²) in [6.07, 6.45) is 4.00. The van der Waals surface area contributed by atoms with E-state index in [0.29, 0.717) is 11.8 Å². The second-order valence-corrected chi connectivity index (χ2v) is 4.11. The molecule has 12 heavy (non-hydrogen) atoms. The standard InChI is InChI=1S/C10H20N2/c1-8-6-5-7-9(2)10(8)11-12(3)4/h8-9H,5-7H2,1-4H3/t8-,9-/m0/s1. The fraction of sp³-hybridized carbons (Fsp3) is 0.900. The van der Waals surface area contributed by atoms with Crippen molar-refractivity contribution in [1.29, 1.82) is 0 Å². The number of hydrogen-bond donors (Lipinski definition) is 0. The molecule has 1 aliphatic carbocycles. The highest BCUT2D eigenvalue weighted by Crippen LogP contribution is 2.26. The summed E-state index contributed by atoms with van der Waals surface area (Å²) in [7, 11) is 4.00. The lowest BCUT2D eigenvalue weighted by atomic mass is 9.81. The van der Waals surface area contributed by atoms with Gasteiger partial charge in [0.05, 0.1) is 0 Å². The average Bonchev–Trinajstić information content (AvgIpc) is 1.97. The lowest BCUT2D eigenvalue weighted by Crippen LogP contribution is -2.27. The fourth-order valence-corrected chi connectivity index (χ4v) is 1.94. The predicted octanol–water partition coefficient (Wildman–Crippen LogP) is 2.36. The molecule has 0 amide bonds. The normalized spacial score (nSPS) is 30.2. The molecule has 0 saturated heterocycles. The van der Waals surface area contributed by atoms with Gasteiger partial charge in [-0.2, -0.15) is 5.10 Å². The van der Waals surface area contributed by atoms with Crippen molar-refractivity contribution in [1.82, 2.24) is 5.01 Å². The van der Waals surface area contributed by atoms with E-state index in [1.165, 1.54) is 25.0 Å². The van der Waals surface area contributed by atoms with Gasteiger partial charge in [-0.1, -0.05) is 20.3 Å². The zero-order valence-electron chi connectivity index (χ0n) is 8.67. The van der Waals surface area contributed by atoms with Gasteiger partial charge in [-0.05, 0) is 24.7 Å². The SMILES string of the molecule is C[C@H]1CCC[C@H](C)C1=NN(C)C. The Bertz CT molecular complexity index is 161. The summed E-state index contributed by atoms with van der Waals surface area (Å²) in [4.78, 5) is 0. The Morgan fingerprint density at radius 3 is 2.08 bits per heavy atom. The minimum atomic E-state index is 0.691. The zero-order valence-corrected chi connectivity index (χ0v) is 8.67. The molecule has 1 saturated carbocycles. The first-order valence-electron chi connectivity index (χ1n) is 4.87. The molecule has 2 nitrogen and oxygen atoms in total. The first-order chi connectivity index (χ1) is 5.61. The van der Waals surface area contributed by atoms with Crippen molar-refractivity contribution in [3.8, 4) is 0 Å². The van der Waals surface area contributed by atoms with Gasteiger partial charge in [0.1, 0.15) is 0 Å². The minimum absolute atomic E-state index is 0.691. The van der Waals surface area contributed by atoms with Crippen molar-refractivity contribution in [2.24, 2.45) is 16.9 Å². The Kier molecular flexibility index (Phi) is 3.12. The molecule has 1 aliphatic rings. The molecule has 70 valence electrons. The zero-order chi connectivity index (χ0) is 9.14. The number of hydrogen-bond acceptors (Lipinski definition) is 2. The van der Waals surface area contributed by atoms with Crippen LogP contribution in [0.1, 0.15) is 33.1 Å². The lowest BCUT2D eigenvalue weighted by molar-refractivity contribution is 0.406. The first-order valence-corrected chi connectivity index (χ1v) is 4.87. The van der Waals surface area contributed by atoms with E-state index in [9.17, 15) is 0 Å². The summed E-state index contributed by atoms with van der Waals surface area (Å²) in [5.41, 5.74) is 1.39. The first kappa shape index (κ1) is 9.56. The highest BCUT2D eigenvalue weighted by molar-refractivity contribution is 5.88. The summed E-state index contributed by atoms with van der Waals surface area (Å²) in [6, 6.07) is 0. The second kappa shape index (κ2) is 3.92. The number of hydrazone groups is 1. The van der Waals surface area contributed by atoms with Gasteiger partial charge in [-0.3, -0.25) is 0 Å². The van der Waals surface area contributed by atoms with Crippen LogP contribution in [-0.2, 0) is 0 Å². The molecule has 0 aliphatic heterocycles. The van der Waals surface area contributed by atoms with Crippen LogP contribution in [0.4, 0.5) is 0 Å². The smallest absolute Gasteiger partial charge is 0.0436 e. The lowest BCUT2D eigenvalue weighted by Gasteiger charge is -2.27. The summed E-state index contributed by atoms with van der Waals surface area (Å²) >= 11 is 0. The van der Waals surface area contributed by atoms with E-state index in [-0.39, 0.29) is 0 Å². The van der Waals surface area contributed by atoms with E-state index in [2.05, 4.69) is 18.9 Å². The average molecular weight is 168 g/mol. The molecule has 0 radical (unpaired) electrons. The third-order valence-electron chi connectivity index (χ3n) is 2.60. The molecule has 0 aromatic heterocycles. The van der Waals surface area contributed by atoms with E-state index >= 15 is 0 Å². The van der Waals surface area contributed by atoms with E-state index in [4.69, 9.17) is 0 Å². The molecule has 0 spiro atoms. The van der Waals surface area contributed by atoms with Crippen molar-refractivity contribution in [3.05, 3.63) is 0 Å². The van der Waals surface area contributed by atoms with Crippen LogP contribution in [0.15, 0.2) is 5.10 Å². The number of nitrogens with zero attached hydrogens (tertiary/aromatic N) is 2. The van der Waals surface area contributed by atoms with Crippen LogP contribution in [0.2, 0.25) is 0 Å². The van der Waals surface area contributed by atoms with Gasteiger partial charge in [0.15, 0.2) is 0 Å². The summed E-state index contributed by atoms with van der Waals surface area (Å²) < 4.78 is 0. The molecule has 2 heteroatoms. The largest absolute Gasteiger partial charge is 0.303 e. The molecule has 0 aromatic carbocycles. The quantitative estimate of drug-likeness (QED) is 0.549. The van der Waals surface area contributed by atoms with Gasteiger partial charge in [0, 0.05) is 19.8 Å². The fourth-order valence-electron chi connectivity index (χ4n) is 1.94. The van der Waals surface area contributed by atoms with Crippen LogP contribution < -0.4 is 0 Å². The molecule has 0 unspecified atom stereocenters. The van der Waals surface area contributed by atoms with Crippen LogP contribution in [0, 0.1) is 11.8 Å². The van der Waals surface area contributed by atoms with Crippen LogP contribution >= 0.6 is 0 Å². The van der Waals surface area contributed by atoms with Gasteiger partial charge >= 0.3 is 0 Å². The number of rotatable bonds is 1. The van der Waals surface area contributed by atoms with Crippen LogP contribution in [0.5, 0.6) is 0 Å². The highest BCUT2D eigenvalue weighted by Gasteiger charge is 2.22. The highest BCUT2D eigenvalue weighted by atomic mass is 15.4. The third kappa shape index (κ3) is 2.23. The van der Waals surface area contributed by atoms with Crippen molar-refractivity contribution >= 4 is 5.71 Å². The molecule has 0 bridgehead atoms. The maximum Gasteiger partial charge on any atom is 0.0436 e. The van der Waals surface area contributed by atoms with Gasteiger partial charge in [-0.25, -0.2) is 0 Å². The van der Waals surface area contributed by atoms with Gasteiger partial charge in [-0.15, -0.1) is 0 Å². The molecule has 1 rings (SSSR count). The maximum absolute atomic E-state index is 4.55. The Morgan fingerprint density at radius 2 is 1.67 bits per heavy atom. The molecular formula is C10H20N2. The molecule has 0 aromatic rings. The van der Waals surface area contributed by atoms with Crippen molar-refractivity contribution in [3.63, 3.8) is 0 Å². The van der Waals surface area contributed by atoms with Gasteiger partial charge in [0.2, 0.25) is 0 Å². The van der Waals surface area contributed by atoms with Crippen molar-refractivity contribution in [2.75, 3.05) is 14.1 Å². The predicted molar refractivity (Wildman–Crippen MR) is 53.3 cm³/mol. The van der Waals surface area contributed by atoms with E-state index in [0.717, 1.165) is 0 Å². The molecule has 1 fully saturated rings. The van der Waals surface area contributed by atoms with Crippen LogP contribution in [0.25, 0.3) is 0 Å².